The monoisotopic (exact) mass is 285 g/mol. The van der Waals surface area contributed by atoms with Crippen LogP contribution in [-0.4, -0.2) is 52.9 Å². The summed E-state index contributed by atoms with van der Waals surface area (Å²) in [6.45, 7) is 2.00. The molecule has 2 rings (SSSR count). The van der Waals surface area contributed by atoms with Gasteiger partial charge in [0.05, 0.1) is 17.2 Å². The largest absolute Gasteiger partial charge is 0.482 e. The summed E-state index contributed by atoms with van der Waals surface area (Å²) in [4.78, 5) is 13.2. The average molecular weight is 286 g/mol. The quantitative estimate of drug-likeness (QED) is 0.853. The number of ether oxygens (including phenoxy) is 1. The molecule has 0 saturated carbocycles. The smallest absolute Gasteiger partial charge is 0.260 e. The number of amides is 1. The van der Waals surface area contributed by atoms with Gasteiger partial charge in [-0.05, 0) is 24.6 Å². The second kappa shape index (κ2) is 5.77. The predicted molar refractivity (Wildman–Crippen MR) is 70.3 cm³/mol. The fourth-order valence-corrected chi connectivity index (χ4v) is 2.10. The van der Waals surface area contributed by atoms with Crippen molar-refractivity contribution in [3.63, 3.8) is 0 Å². The number of rotatable bonds is 3. The number of aliphatic hydroxyl groups is 2. The zero-order valence-electron chi connectivity index (χ0n) is 10.5. The van der Waals surface area contributed by atoms with E-state index in [-0.39, 0.29) is 25.6 Å². The third kappa shape index (κ3) is 3.37. The molecule has 2 N–H and O–H groups in total. The van der Waals surface area contributed by atoms with Crippen molar-refractivity contribution in [2.24, 2.45) is 0 Å². The molecule has 1 aromatic rings. The lowest BCUT2D eigenvalue weighted by atomic mass is 10.2. The number of likely N-dealkylation sites (tertiary alicyclic amines) is 1. The van der Waals surface area contributed by atoms with Crippen molar-refractivity contribution in [3.05, 3.63) is 28.8 Å². The molecule has 0 radical (unpaired) electrons. The van der Waals surface area contributed by atoms with Crippen molar-refractivity contribution < 1.29 is 19.7 Å². The Morgan fingerprint density at radius 2 is 2.05 bits per heavy atom. The number of hydrogen-bond donors (Lipinski definition) is 2. The molecule has 6 heteroatoms. The summed E-state index contributed by atoms with van der Waals surface area (Å²) in [5.41, 5.74) is 0.985. The summed E-state index contributed by atoms with van der Waals surface area (Å²) >= 11 is 5.96. The number of aryl methyl sites for hydroxylation is 1. The molecule has 1 aromatic carbocycles. The summed E-state index contributed by atoms with van der Waals surface area (Å²) < 4.78 is 5.38. The third-order valence-electron chi connectivity index (χ3n) is 3.05. The van der Waals surface area contributed by atoms with Crippen molar-refractivity contribution in [1.82, 2.24) is 4.90 Å². The van der Waals surface area contributed by atoms with Crippen LogP contribution >= 0.6 is 11.6 Å². The van der Waals surface area contributed by atoms with Gasteiger partial charge >= 0.3 is 0 Å². The molecule has 0 bridgehead atoms. The van der Waals surface area contributed by atoms with Crippen LogP contribution < -0.4 is 4.74 Å². The maximum absolute atomic E-state index is 11.8. The van der Waals surface area contributed by atoms with Gasteiger partial charge in [0.2, 0.25) is 0 Å². The van der Waals surface area contributed by atoms with E-state index in [9.17, 15) is 15.0 Å². The van der Waals surface area contributed by atoms with E-state index in [1.807, 2.05) is 13.0 Å². The minimum absolute atomic E-state index is 0.130. The lowest BCUT2D eigenvalue weighted by Gasteiger charge is -2.16. The average Bonchev–Trinajstić information content (AvgIpc) is 2.70. The number of halogens is 1. The second-order valence-corrected chi connectivity index (χ2v) is 5.06. The van der Waals surface area contributed by atoms with Crippen molar-refractivity contribution in [3.8, 4) is 5.75 Å². The highest BCUT2D eigenvalue weighted by molar-refractivity contribution is 6.32. The van der Waals surface area contributed by atoms with Gasteiger partial charge in [-0.15, -0.1) is 0 Å². The zero-order chi connectivity index (χ0) is 14.0. The summed E-state index contributed by atoms with van der Waals surface area (Å²) in [7, 11) is 0. The van der Waals surface area contributed by atoms with Crippen molar-refractivity contribution in [2.75, 3.05) is 19.7 Å². The van der Waals surface area contributed by atoms with Crippen LogP contribution in [0, 0.1) is 6.92 Å². The van der Waals surface area contributed by atoms with Gasteiger partial charge < -0.3 is 19.8 Å². The highest BCUT2D eigenvalue weighted by atomic mass is 35.5. The Labute approximate surface area is 116 Å². The SMILES string of the molecule is Cc1ccc(Cl)c(OCC(=O)N2CC(O)C(O)C2)c1. The van der Waals surface area contributed by atoms with Gasteiger partial charge in [0.25, 0.3) is 5.91 Å². The van der Waals surface area contributed by atoms with E-state index in [2.05, 4.69) is 0 Å². The van der Waals surface area contributed by atoms with E-state index in [4.69, 9.17) is 16.3 Å². The van der Waals surface area contributed by atoms with Gasteiger partial charge in [-0.25, -0.2) is 0 Å². The maximum atomic E-state index is 11.8. The van der Waals surface area contributed by atoms with E-state index in [1.54, 1.807) is 12.1 Å². The summed E-state index contributed by atoms with van der Waals surface area (Å²) in [5, 5.41) is 19.2. The Hall–Kier alpha value is -1.30. The molecule has 1 aliphatic rings. The molecule has 2 atom stereocenters. The van der Waals surface area contributed by atoms with Crippen LogP contribution in [0.25, 0.3) is 0 Å². The maximum Gasteiger partial charge on any atom is 0.260 e. The Kier molecular flexibility index (Phi) is 4.29. The van der Waals surface area contributed by atoms with Crippen molar-refractivity contribution in [2.45, 2.75) is 19.1 Å². The molecule has 5 nitrogen and oxygen atoms in total. The van der Waals surface area contributed by atoms with E-state index >= 15 is 0 Å². The van der Waals surface area contributed by atoms with Crippen LogP contribution in [0.15, 0.2) is 18.2 Å². The highest BCUT2D eigenvalue weighted by Crippen LogP contribution is 2.25. The molecule has 2 unspecified atom stereocenters. The second-order valence-electron chi connectivity index (χ2n) is 4.66. The van der Waals surface area contributed by atoms with Crippen LogP contribution in [0.2, 0.25) is 5.02 Å². The molecule has 1 heterocycles. The lowest BCUT2D eigenvalue weighted by molar-refractivity contribution is -0.132. The van der Waals surface area contributed by atoms with E-state index in [0.717, 1.165) is 5.56 Å². The third-order valence-corrected chi connectivity index (χ3v) is 3.36. The molecule has 0 aliphatic carbocycles. The number of carbonyl (C=O) groups excluding carboxylic acids is 1. The molecule has 0 aromatic heterocycles. The normalized spacial score (nSPS) is 22.6. The predicted octanol–water partition coefficient (Wildman–Crippen LogP) is 0.591. The van der Waals surface area contributed by atoms with Crippen LogP contribution in [0.3, 0.4) is 0 Å². The van der Waals surface area contributed by atoms with Crippen molar-refractivity contribution >= 4 is 17.5 Å². The number of carbonyl (C=O) groups is 1. The summed E-state index contributed by atoms with van der Waals surface area (Å²) in [6, 6.07) is 5.31. The van der Waals surface area contributed by atoms with Gasteiger partial charge in [-0.1, -0.05) is 17.7 Å². The van der Waals surface area contributed by atoms with Crippen LogP contribution in [0.1, 0.15) is 5.56 Å². The molecule has 1 fully saturated rings. The molecule has 104 valence electrons. The van der Waals surface area contributed by atoms with Gasteiger partial charge in [0.15, 0.2) is 6.61 Å². The Balaban J connectivity index is 1.92. The first kappa shape index (κ1) is 14.1. The molecular weight excluding hydrogens is 270 g/mol. The van der Waals surface area contributed by atoms with Crippen LogP contribution in [0.4, 0.5) is 0 Å². The molecule has 19 heavy (non-hydrogen) atoms. The van der Waals surface area contributed by atoms with Gasteiger partial charge in [0, 0.05) is 13.1 Å². The zero-order valence-corrected chi connectivity index (χ0v) is 11.3. The lowest BCUT2D eigenvalue weighted by Crippen LogP contribution is -2.34. The van der Waals surface area contributed by atoms with Crippen LogP contribution in [0.5, 0.6) is 5.75 Å². The van der Waals surface area contributed by atoms with Gasteiger partial charge in [-0.2, -0.15) is 0 Å². The fraction of sp³-hybridized carbons (Fsp3) is 0.462. The van der Waals surface area contributed by atoms with Crippen LogP contribution in [-0.2, 0) is 4.79 Å². The topological polar surface area (TPSA) is 70.0 Å². The van der Waals surface area contributed by atoms with E-state index in [0.29, 0.717) is 10.8 Å². The fourth-order valence-electron chi connectivity index (χ4n) is 1.93. The Morgan fingerprint density at radius 1 is 1.42 bits per heavy atom. The molecule has 1 aliphatic heterocycles. The number of hydrogen-bond acceptors (Lipinski definition) is 4. The molecule has 1 saturated heterocycles. The van der Waals surface area contributed by atoms with E-state index in [1.165, 1.54) is 4.90 Å². The first-order valence-corrected chi connectivity index (χ1v) is 6.38. The number of nitrogens with zero attached hydrogens (tertiary/aromatic N) is 1. The van der Waals surface area contributed by atoms with Crippen molar-refractivity contribution in [1.29, 1.82) is 0 Å². The molecule has 0 spiro atoms. The van der Waals surface area contributed by atoms with E-state index < -0.39 is 12.2 Å². The van der Waals surface area contributed by atoms with Gasteiger partial charge in [0.1, 0.15) is 5.75 Å². The number of benzene rings is 1. The summed E-state index contributed by atoms with van der Waals surface area (Å²) in [5.74, 6) is 0.170. The number of β-amino-alcohol motifs (C(OH)–C–C–N with tert-alkyl or cyclic N) is 2. The standard InChI is InChI=1S/C13H16ClNO4/c1-8-2-3-9(14)12(4-8)19-7-13(18)15-5-10(16)11(17)6-15/h2-4,10-11,16-17H,5-7H2,1H3. The Bertz CT molecular complexity index is 470. The minimum Gasteiger partial charge on any atom is -0.482 e. The number of aliphatic hydroxyl groups excluding tert-OH is 2. The first-order valence-electron chi connectivity index (χ1n) is 6.00. The van der Waals surface area contributed by atoms with Gasteiger partial charge in [-0.3, -0.25) is 4.79 Å². The highest BCUT2D eigenvalue weighted by Gasteiger charge is 2.32. The molecular formula is C13H16ClNO4. The summed E-state index contributed by atoms with van der Waals surface area (Å²) in [6.07, 6.45) is -1.77. The Morgan fingerprint density at radius 3 is 2.68 bits per heavy atom. The first-order chi connectivity index (χ1) is 8.97. The molecule has 1 amide bonds. The minimum atomic E-state index is -0.883.